The van der Waals surface area contributed by atoms with E-state index in [1.54, 1.807) is 24.0 Å². The van der Waals surface area contributed by atoms with E-state index in [-0.39, 0.29) is 24.0 Å². The highest BCUT2D eigenvalue weighted by molar-refractivity contribution is 6.00. The van der Waals surface area contributed by atoms with Gasteiger partial charge in [0.05, 0.1) is 5.56 Å². The van der Waals surface area contributed by atoms with Crippen molar-refractivity contribution >= 4 is 23.7 Å². The molecule has 2 aliphatic rings. The average molecular weight is 456 g/mol. The summed E-state index contributed by atoms with van der Waals surface area (Å²) >= 11 is 0. The summed E-state index contributed by atoms with van der Waals surface area (Å²) in [5.41, 5.74) is 6.21. The van der Waals surface area contributed by atoms with Crippen molar-refractivity contribution in [3.05, 3.63) is 89.0 Å². The first kappa shape index (κ1) is 21.7. The van der Waals surface area contributed by atoms with E-state index < -0.39 is 18.1 Å². The number of anilines is 1. The fourth-order valence-electron chi connectivity index (χ4n) is 4.88. The monoisotopic (exact) mass is 456 g/mol. The van der Waals surface area contributed by atoms with Crippen LogP contribution in [0.25, 0.3) is 11.1 Å². The van der Waals surface area contributed by atoms with Crippen LogP contribution in [0.4, 0.5) is 10.5 Å². The maximum atomic E-state index is 13.0. The Hall–Kier alpha value is -4.13. The van der Waals surface area contributed by atoms with Crippen LogP contribution in [0, 0.1) is 0 Å². The molecule has 0 bridgehead atoms. The zero-order chi connectivity index (χ0) is 23.8. The van der Waals surface area contributed by atoms with Gasteiger partial charge in [0.15, 0.2) is 0 Å². The molecular weight excluding hydrogens is 432 g/mol. The number of carboxylic acids is 1. The Kier molecular flexibility index (Phi) is 5.53. The first-order chi connectivity index (χ1) is 16.4. The highest BCUT2D eigenvalue weighted by Crippen LogP contribution is 2.44. The van der Waals surface area contributed by atoms with Crippen LogP contribution in [0.1, 0.15) is 39.9 Å². The van der Waals surface area contributed by atoms with Gasteiger partial charge in [-0.25, -0.2) is 9.59 Å². The number of amides is 2. The van der Waals surface area contributed by atoms with Crippen molar-refractivity contribution in [2.45, 2.75) is 25.3 Å². The first-order valence-electron chi connectivity index (χ1n) is 11.2. The number of aromatic carboxylic acids is 1. The molecule has 0 radical (unpaired) electrons. The lowest BCUT2D eigenvalue weighted by molar-refractivity contribution is -0.120. The van der Waals surface area contributed by atoms with Crippen LogP contribution in [0.15, 0.2) is 66.7 Å². The van der Waals surface area contributed by atoms with Crippen molar-refractivity contribution in [3.63, 3.8) is 0 Å². The summed E-state index contributed by atoms with van der Waals surface area (Å²) in [6, 6.07) is 20.1. The number of alkyl carbamates (subject to hydrolysis) is 1. The fourth-order valence-corrected chi connectivity index (χ4v) is 4.88. The molecular formula is C27H24N2O5. The number of carbonyl (C=O) groups is 3. The molecule has 7 heteroatoms. The third-order valence-electron chi connectivity index (χ3n) is 6.54. The van der Waals surface area contributed by atoms with Gasteiger partial charge >= 0.3 is 12.1 Å². The van der Waals surface area contributed by atoms with Crippen molar-refractivity contribution < 1.29 is 24.2 Å². The second-order valence-corrected chi connectivity index (χ2v) is 8.58. The third kappa shape index (κ3) is 3.79. The number of hydrogen-bond donors (Lipinski definition) is 2. The van der Waals surface area contributed by atoms with Gasteiger partial charge in [-0.15, -0.1) is 0 Å². The van der Waals surface area contributed by atoms with Crippen LogP contribution >= 0.6 is 0 Å². The molecule has 0 saturated carbocycles. The minimum Gasteiger partial charge on any atom is -0.478 e. The SMILES string of the molecule is C[C@H](NC(=O)OCC1c2ccccc2-c2ccccc21)C(=O)N1CCc2cc(C(=O)O)ccc21. The summed E-state index contributed by atoms with van der Waals surface area (Å²) in [5, 5.41) is 11.8. The molecule has 172 valence electrons. The van der Waals surface area contributed by atoms with E-state index in [9.17, 15) is 19.5 Å². The lowest BCUT2D eigenvalue weighted by atomic mass is 9.98. The molecule has 0 unspecified atom stereocenters. The zero-order valence-electron chi connectivity index (χ0n) is 18.7. The number of carboxylic acid groups (broad SMARTS) is 1. The minimum absolute atomic E-state index is 0.0574. The van der Waals surface area contributed by atoms with Crippen molar-refractivity contribution in [2.24, 2.45) is 0 Å². The highest BCUT2D eigenvalue weighted by Gasteiger charge is 2.31. The predicted molar refractivity (Wildman–Crippen MR) is 127 cm³/mol. The van der Waals surface area contributed by atoms with Gasteiger partial charge in [-0.1, -0.05) is 48.5 Å². The molecule has 3 aromatic rings. The Morgan fingerprint density at radius 1 is 1.03 bits per heavy atom. The van der Waals surface area contributed by atoms with Gasteiger partial charge in [0, 0.05) is 18.2 Å². The second kappa shape index (κ2) is 8.67. The molecule has 1 aliphatic carbocycles. The summed E-state index contributed by atoms with van der Waals surface area (Å²) in [4.78, 5) is 38.3. The van der Waals surface area contributed by atoms with Crippen molar-refractivity contribution in [1.29, 1.82) is 0 Å². The maximum Gasteiger partial charge on any atom is 0.407 e. The Morgan fingerprint density at radius 2 is 1.68 bits per heavy atom. The molecule has 0 spiro atoms. The van der Waals surface area contributed by atoms with Gasteiger partial charge < -0.3 is 20.1 Å². The molecule has 1 heterocycles. The summed E-state index contributed by atoms with van der Waals surface area (Å²) < 4.78 is 5.55. The number of nitrogens with one attached hydrogen (secondary N) is 1. The first-order valence-corrected chi connectivity index (χ1v) is 11.2. The summed E-state index contributed by atoms with van der Waals surface area (Å²) in [6.07, 6.45) is -0.0804. The van der Waals surface area contributed by atoms with Gasteiger partial charge in [-0.05, 0) is 59.4 Å². The van der Waals surface area contributed by atoms with E-state index >= 15 is 0 Å². The topological polar surface area (TPSA) is 95.9 Å². The van der Waals surface area contributed by atoms with Gasteiger partial charge in [0.2, 0.25) is 5.91 Å². The lowest BCUT2D eigenvalue weighted by Gasteiger charge is -2.22. The second-order valence-electron chi connectivity index (χ2n) is 8.58. The van der Waals surface area contributed by atoms with E-state index in [2.05, 4.69) is 17.4 Å². The van der Waals surface area contributed by atoms with Crippen LogP contribution in [0.2, 0.25) is 0 Å². The number of nitrogens with zero attached hydrogens (tertiary/aromatic N) is 1. The van der Waals surface area contributed by atoms with E-state index in [4.69, 9.17) is 4.74 Å². The average Bonchev–Trinajstić information content (AvgIpc) is 3.41. The standard InChI is InChI=1S/C27H24N2O5/c1-16(25(30)29-13-12-17-14-18(26(31)32)10-11-24(17)29)28-27(33)34-15-23-21-8-4-2-6-19(21)20-7-3-5-9-22(20)23/h2-11,14,16,23H,12-13,15H2,1H3,(H,28,33)(H,31,32)/t16-/m0/s1. The molecule has 0 saturated heterocycles. The van der Waals surface area contributed by atoms with Crippen LogP contribution in [-0.4, -0.2) is 42.3 Å². The van der Waals surface area contributed by atoms with E-state index in [0.717, 1.165) is 27.8 Å². The van der Waals surface area contributed by atoms with Crippen molar-refractivity contribution in [3.8, 4) is 11.1 Å². The summed E-state index contributed by atoms with van der Waals surface area (Å²) in [6.45, 7) is 2.23. The van der Waals surface area contributed by atoms with Gasteiger partial charge in [0.1, 0.15) is 12.6 Å². The molecule has 0 fully saturated rings. The molecule has 2 N–H and O–H groups in total. The Labute approximate surface area is 197 Å². The van der Waals surface area contributed by atoms with Crippen LogP contribution in [0.5, 0.6) is 0 Å². The van der Waals surface area contributed by atoms with E-state index in [1.807, 2.05) is 36.4 Å². The van der Waals surface area contributed by atoms with Crippen LogP contribution < -0.4 is 10.2 Å². The Morgan fingerprint density at radius 3 is 2.32 bits per heavy atom. The Balaban J connectivity index is 1.22. The normalized spacial score (nSPS) is 14.7. The maximum absolute atomic E-state index is 13.0. The molecule has 7 nitrogen and oxygen atoms in total. The minimum atomic E-state index is -1.00. The van der Waals surface area contributed by atoms with Gasteiger partial charge in [-0.3, -0.25) is 4.79 Å². The molecule has 3 aromatic carbocycles. The van der Waals surface area contributed by atoms with Crippen molar-refractivity contribution in [1.82, 2.24) is 5.32 Å². The molecule has 5 rings (SSSR count). The van der Waals surface area contributed by atoms with Crippen LogP contribution in [-0.2, 0) is 16.0 Å². The number of fused-ring (bicyclic) bond motifs is 4. The van der Waals surface area contributed by atoms with E-state index in [1.165, 1.54) is 6.07 Å². The van der Waals surface area contributed by atoms with Gasteiger partial charge in [0.25, 0.3) is 0 Å². The number of benzene rings is 3. The number of hydrogen-bond acceptors (Lipinski definition) is 4. The number of ether oxygens (including phenoxy) is 1. The lowest BCUT2D eigenvalue weighted by Crippen LogP contribution is -2.46. The quantitative estimate of drug-likeness (QED) is 0.600. The van der Waals surface area contributed by atoms with Crippen LogP contribution in [0.3, 0.4) is 0 Å². The summed E-state index contributed by atoms with van der Waals surface area (Å²) in [7, 11) is 0. The largest absolute Gasteiger partial charge is 0.478 e. The van der Waals surface area contributed by atoms with Gasteiger partial charge in [-0.2, -0.15) is 0 Å². The molecule has 1 aliphatic heterocycles. The highest BCUT2D eigenvalue weighted by atomic mass is 16.5. The smallest absolute Gasteiger partial charge is 0.407 e. The fraction of sp³-hybridized carbons (Fsp3) is 0.222. The third-order valence-corrected chi connectivity index (χ3v) is 6.54. The Bertz CT molecular complexity index is 1260. The zero-order valence-corrected chi connectivity index (χ0v) is 18.7. The molecule has 34 heavy (non-hydrogen) atoms. The van der Waals surface area contributed by atoms with Crippen molar-refractivity contribution in [2.75, 3.05) is 18.1 Å². The molecule has 0 aromatic heterocycles. The summed E-state index contributed by atoms with van der Waals surface area (Å²) in [5.74, 6) is -1.33. The molecule has 1 atom stereocenters. The predicted octanol–water partition coefficient (Wildman–Crippen LogP) is 4.20. The number of rotatable bonds is 5. The number of carbonyl (C=O) groups excluding carboxylic acids is 2. The van der Waals surface area contributed by atoms with E-state index in [0.29, 0.717) is 18.7 Å². The molecule has 2 amide bonds.